The molecule has 1 saturated heterocycles. The molecular formula is C15H20Cl2O3. The van der Waals surface area contributed by atoms with Crippen molar-refractivity contribution in [3.05, 3.63) is 33.8 Å². The van der Waals surface area contributed by atoms with Crippen molar-refractivity contribution in [3.8, 4) is 0 Å². The molecule has 1 heterocycles. The van der Waals surface area contributed by atoms with E-state index in [-0.39, 0.29) is 11.7 Å². The summed E-state index contributed by atoms with van der Waals surface area (Å²) in [6, 6.07) is 5.30. The molecule has 112 valence electrons. The zero-order chi connectivity index (χ0) is 15.0. The van der Waals surface area contributed by atoms with Crippen LogP contribution in [0.5, 0.6) is 0 Å². The Morgan fingerprint density at radius 1 is 1.35 bits per heavy atom. The van der Waals surface area contributed by atoms with Gasteiger partial charge < -0.3 is 14.2 Å². The van der Waals surface area contributed by atoms with Crippen LogP contribution < -0.4 is 0 Å². The maximum Gasteiger partial charge on any atom is 0.194 e. The number of rotatable bonds is 3. The number of hydrogen-bond donors (Lipinski definition) is 0. The molecule has 1 aliphatic heterocycles. The standard InChI is InChI=1S/C15H20Cl2O3/c1-14(2,3)18-8-11-9-19-15(4,20-11)12-6-5-10(16)7-13(12)17/h5-7,11H,8-9H2,1-4H3/t11-,15-/m1/s1. The molecule has 3 nitrogen and oxygen atoms in total. The van der Waals surface area contributed by atoms with E-state index in [4.69, 9.17) is 37.4 Å². The Morgan fingerprint density at radius 2 is 2.05 bits per heavy atom. The maximum absolute atomic E-state index is 6.22. The molecule has 0 aromatic heterocycles. The summed E-state index contributed by atoms with van der Waals surface area (Å²) < 4.78 is 17.5. The Bertz CT molecular complexity index is 484. The molecule has 2 rings (SSSR count). The van der Waals surface area contributed by atoms with Crippen LogP contribution in [0, 0.1) is 0 Å². The lowest BCUT2D eigenvalue weighted by Gasteiger charge is -2.26. The quantitative estimate of drug-likeness (QED) is 0.826. The molecule has 0 unspecified atom stereocenters. The number of benzene rings is 1. The van der Waals surface area contributed by atoms with Crippen LogP contribution in [-0.2, 0) is 20.0 Å². The Kier molecular flexibility index (Phi) is 4.67. The highest BCUT2D eigenvalue weighted by Gasteiger charge is 2.40. The van der Waals surface area contributed by atoms with Gasteiger partial charge in [0.25, 0.3) is 0 Å². The SMILES string of the molecule is CC(C)(C)OC[C@@H]1CO[C@@](C)(c2ccc(Cl)cc2Cl)O1. The average Bonchev–Trinajstić information content (AvgIpc) is 2.68. The summed E-state index contributed by atoms with van der Waals surface area (Å²) in [6.45, 7) is 8.86. The summed E-state index contributed by atoms with van der Waals surface area (Å²) in [4.78, 5) is 0. The lowest BCUT2D eigenvalue weighted by atomic mass is 10.1. The maximum atomic E-state index is 6.22. The highest BCUT2D eigenvalue weighted by atomic mass is 35.5. The van der Waals surface area contributed by atoms with Gasteiger partial charge in [0.05, 0.1) is 23.8 Å². The van der Waals surface area contributed by atoms with E-state index in [9.17, 15) is 0 Å². The summed E-state index contributed by atoms with van der Waals surface area (Å²) in [7, 11) is 0. The Hall–Kier alpha value is -0.320. The molecule has 2 atom stereocenters. The van der Waals surface area contributed by atoms with Gasteiger partial charge in [-0.15, -0.1) is 0 Å². The first-order valence-electron chi connectivity index (χ1n) is 6.61. The summed E-state index contributed by atoms with van der Waals surface area (Å²) in [5.74, 6) is -0.854. The first-order valence-corrected chi connectivity index (χ1v) is 7.36. The van der Waals surface area contributed by atoms with Crippen LogP contribution >= 0.6 is 23.2 Å². The van der Waals surface area contributed by atoms with Crippen molar-refractivity contribution in [1.29, 1.82) is 0 Å². The molecule has 5 heteroatoms. The molecule has 0 saturated carbocycles. The minimum Gasteiger partial charge on any atom is -0.373 e. The van der Waals surface area contributed by atoms with Gasteiger partial charge in [0.1, 0.15) is 6.10 Å². The van der Waals surface area contributed by atoms with Crippen molar-refractivity contribution in [2.24, 2.45) is 0 Å². The first-order chi connectivity index (χ1) is 9.20. The summed E-state index contributed by atoms with van der Waals surface area (Å²) in [5.41, 5.74) is 0.585. The van der Waals surface area contributed by atoms with E-state index in [0.29, 0.717) is 23.3 Å². The van der Waals surface area contributed by atoms with E-state index in [1.54, 1.807) is 12.1 Å². The van der Waals surface area contributed by atoms with E-state index < -0.39 is 5.79 Å². The van der Waals surface area contributed by atoms with Crippen LogP contribution in [0.3, 0.4) is 0 Å². The van der Waals surface area contributed by atoms with E-state index in [0.717, 1.165) is 5.56 Å². The highest BCUT2D eigenvalue weighted by Crippen LogP contribution is 2.38. The molecular weight excluding hydrogens is 299 g/mol. The smallest absolute Gasteiger partial charge is 0.194 e. The average molecular weight is 319 g/mol. The minimum absolute atomic E-state index is 0.106. The zero-order valence-electron chi connectivity index (χ0n) is 12.2. The molecule has 1 aliphatic rings. The van der Waals surface area contributed by atoms with Crippen molar-refractivity contribution < 1.29 is 14.2 Å². The number of halogens is 2. The van der Waals surface area contributed by atoms with Gasteiger partial charge >= 0.3 is 0 Å². The van der Waals surface area contributed by atoms with Gasteiger partial charge in [0.2, 0.25) is 0 Å². The predicted octanol–water partition coefficient (Wildman–Crippen LogP) is 4.40. The van der Waals surface area contributed by atoms with Crippen LogP contribution in [0.2, 0.25) is 10.0 Å². The number of ether oxygens (including phenoxy) is 3. The fraction of sp³-hybridized carbons (Fsp3) is 0.600. The van der Waals surface area contributed by atoms with Gasteiger partial charge in [-0.1, -0.05) is 29.3 Å². The van der Waals surface area contributed by atoms with Gasteiger partial charge in [-0.2, -0.15) is 0 Å². The van der Waals surface area contributed by atoms with Crippen LogP contribution in [0.1, 0.15) is 33.3 Å². The van der Waals surface area contributed by atoms with E-state index >= 15 is 0 Å². The second-order valence-electron chi connectivity index (χ2n) is 6.04. The van der Waals surface area contributed by atoms with Crippen LogP contribution in [0.15, 0.2) is 18.2 Å². The predicted molar refractivity (Wildman–Crippen MR) is 80.3 cm³/mol. The normalized spacial score (nSPS) is 27.0. The summed E-state index contributed by atoms with van der Waals surface area (Å²) in [5, 5.41) is 1.13. The largest absolute Gasteiger partial charge is 0.373 e. The Balaban J connectivity index is 2.06. The Labute approximate surface area is 130 Å². The second kappa shape index (κ2) is 5.82. The van der Waals surface area contributed by atoms with Gasteiger partial charge in [-0.05, 0) is 39.8 Å². The van der Waals surface area contributed by atoms with Crippen LogP contribution in [0.4, 0.5) is 0 Å². The third-order valence-electron chi connectivity index (χ3n) is 3.06. The summed E-state index contributed by atoms with van der Waals surface area (Å²) in [6.07, 6.45) is -0.106. The first kappa shape index (κ1) is 16.1. The fourth-order valence-electron chi connectivity index (χ4n) is 2.06. The molecule has 20 heavy (non-hydrogen) atoms. The topological polar surface area (TPSA) is 27.7 Å². The van der Waals surface area contributed by atoms with Crippen LogP contribution in [0.25, 0.3) is 0 Å². The molecule has 1 aromatic rings. The molecule has 0 amide bonds. The monoisotopic (exact) mass is 318 g/mol. The van der Waals surface area contributed by atoms with E-state index in [2.05, 4.69) is 0 Å². The van der Waals surface area contributed by atoms with Crippen molar-refractivity contribution >= 4 is 23.2 Å². The van der Waals surface area contributed by atoms with Gasteiger partial charge in [-0.25, -0.2) is 0 Å². The molecule has 1 fully saturated rings. The van der Waals surface area contributed by atoms with Crippen molar-refractivity contribution in [2.75, 3.05) is 13.2 Å². The molecule has 0 radical (unpaired) electrons. The van der Waals surface area contributed by atoms with Crippen molar-refractivity contribution in [3.63, 3.8) is 0 Å². The molecule has 1 aromatic carbocycles. The lowest BCUT2D eigenvalue weighted by Crippen LogP contribution is -2.29. The fourth-order valence-corrected chi connectivity index (χ4v) is 2.64. The van der Waals surface area contributed by atoms with Gasteiger partial charge in [-0.3, -0.25) is 0 Å². The third kappa shape index (κ3) is 3.86. The van der Waals surface area contributed by atoms with Gasteiger partial charge in [0.15, 0.2) is 5.79 Å². The van der Waals surface area contributed by atoms with Crippen molar-refractivity contribution in [1.82, 2.24) is 0 Å². The zero-order valence-corrected chi connectivity index (χ0v) is 13.7. The number of hydrogen-bond acceptors (Lipinski definition) is 3. The van der Waals surface area contributed by atoms with E-state index in [1.807, 2.05) is 33.8 Å². The second-order valence-corrected chi connectivity index (χ2v) is 6.89. The molecule has 0 spiro atoms. The minimum atomic E-state index is -0.854. The lowest BCUT2D eigenvalue weighted by molar-refractivity contribution is -0.172. The van der Waals surface area contributed by atoms with Crippen molar-refractivity contribution in [2.45, 2.75) is 45.2 Å². The van der Waals surface area contributed by atoms with Gasteiger partial charge in [0, 0.05) is 10.6 Å². The highest BCUT2D eigenvalue weighted by molar-refractivity contribution is 6.35. The Morgan fingerprint density at radius 3 is 2.65 bits per heavy atom. The molecule has 0 bridgehead atoms. The molecule has 0 aliphatic carbocycles. The molecule has 0 N–H and O–H groups in total. The van der Waals surface area contributed by atoms with E-state index in [1.165, 1.54) is 0 Å². The third-order valence-corrected chi connectivity index (χ3v) is 3.61. The summed E-state index contributed by atoms with van der Waals surface area (Å²) >= 11 is 12.1. The van der Waals surface area contributed by atoms with Crippen LogP contribution in [-0.4, -0.2) is 24.9 Å².